The molecular weight excluding hydrogens is 480 g/mol. The number of benzene rings is 2. The number of hydrogen-bond donors (Lipinski definition) is 3. The Bertz CT molecular complexity index is 1490. The van der Waals surface area contributed by atoms with E-state index >= 15 is 0 Å². The van der Waals surface area contributed by atoms with Crippen molar-refractivity contribution >= 4 is 22.7 Å². The zero-order valence-corrected chi connectivity index (χ0v) is 20.2. The predicted molar refractivity (Wildman–Crippen MR) is 136 cm³/mol. The topological polar surface area (TPSA) is 147 Å². The molecule has 0 radical (unpaired) electrons. The number of ether oxygens (including phenoxy) is 2. The van der Waals surface area contributed by atoms with Crippen molar-refractivity contribution in [3.8, 4) is 22.8 Å². The van der Waals surface area contributed by atoms with Gasteiger partial charge < -0.3 is 24.8 Å². The summed E-state index contributed by atoms with van der Waals surface area (Å²) in [6.07, 6.45) is -0.648. The van der Waals surface area contributed by atoms with Gasteiger partial charge in [-0.1, -0.05) is 12.1 Å². The van der Waals surface area contributed by atoms with Crippen molar-refractivity contribution in [3.05, 3.63) is 76.7 Å². The third kappa shape index (κ3) is 5.52. The van der Waals surface area contributed by atoms with Crippen LogP contribution in [0.1, 0.15) is 11.7 Å². The monoisotopic (exact) mass is 506 g/mol. The largest absolute Gasteiger partial charge is 0.496 e. The average Bonchev–Trinajstić information content (AvgIpc) is 2.92. The van der Waals surface area contributed by atoms with Crippen LogP contribution in [0, 0.1) is 0 Å². The molecule has 0 aliphatic heterocycles. The molecule has 1 unspecified atom stereocenters. The Kier molecular flexibility index (Phi) is 7.66. The van der Waals surface area contributed by atoms with E-state index in [-0.39, 0.29) is 18.7 Å². The van der Waals surface area contributed by atoms with Crippen LogP contribution in [0.3, 0.4) is 0 Å². The van der Waals surface area contributed by atoms with Crippen molar-refractivity contribution in [2.75, 3.05) is 32.3 Å². The lowest BCUT2D eigenvalue weighted by molar-refractivity contribution is 0.0934. The fourth-order valence-electron chi connectivity index (χ4n) is 3.82. The Morgan fingerprint density at radius 1 is 1.14 bits per heavy atom. The number of anilines is 1. The van der Waals surface area contributed by atoms with Crippen LogP contribution < -0.4 is 19.9 Å². The van der Waals surface area contributed by atoms with E-state index in [1.165, 1.54) is 24.9 Å². The van der Waals surface area contributed by atoms with Gasteiger partial charge in [0.05, 0.1) is 31.5 Å². The Hall–Kier alpha value is -4.48. The van der Waals surface area contributed by atoms with E-state index in [1.807, 2.05) is 0 Å². The highest BCUT2D eigenvalue weighted by Gasteiger charge is 2.16. The molecule has 192 valence electrons. The first-order valence-electron chi connectivity index (χ1n) is 11.4. The number of carboxylic acid groups (broad SMARTS) is 1. The number of carbonyl (C=O) groups is 1. The molecule has 0 spiro atoms. The zero-order valence-electron chi connectivity index (χ0n) is 20.2. The second-order valence-electron chi connectivity index (χ2n) is 8.14. The smallest absolute Gasteiger partial charge is 0.411 e. The van der Waals surface area contributed by atoms with Gasteiger partial charge in [0.1, 0.15) is 24.2 Å². The molecule has 1 atom stereocenters. The van der Waals surface area contributed by atoms with Crippen LogP contribution in [0.5, 0.6) is 11.5 Å². The number of nitrogens with zero attached hydrogens (tertiary/aromatic N) is 4. The lowest BCUT2D eigenvalue weighted by Crippen LogP contribution is -2.25. The number of aliphatic hydroxyl groups is 2. The van der Waals surface area contributed by atoms with Crippen molar-refractivity contribution in [1.29, 1.82) is 0 Å². The molecule has 4 aromatic rings. The van der Waals surface area contributed by atoms with Crippen molar-refractivity contribution in [2.24, 2.45) is 0 Å². The van der Waals surface area contributed by atoms with Gasteiger partial charge in [0.15, 0.2) is 0 Å². The van der Waals surface area contributed by atoms with Crippen LogP contribution in [0.25, 0.3) is 22.2 Å². The van der Waals surface area contributed by atoms with Crippen LogP contribution in [0.4, 0.5) is 10.5 Å². The molecule has 4 rings (SSSR count). The zero-order chi connectivity index (χ0) is 26.5. The van der Waals surface area contributed by atoms with Gasteiger partial charge in [0.2, 0.25) is 0 Å². The Morgan fingerprint density at radius 2 is 1.95 bits per heavy atom. The summed E-state index contributed by atoms with van der Waals surface area (Å²) in [5, 5.41) is 33.8. The SMILES string of the molecule is COc1cc2nccc(OCCn3nc(-c4cccc(N(C)C(=O)O)c4)ccc3=O)c2cc1C(O)CO. The van der Waals surface area contributed by atoms with Gasteiger partial charge in [-0.15, -0.1) is 0 Å². The molecule has 0 aliphatic carbocycles. The van der Waals surface area contributed by atoms with Gasteiger partial charge in [-0.2, -0.15) is 5.10 Å². The molecule has 0 saturated carbocycles. The second kappa shape index (κ2) is 11.1. The molecule has 11 nitrogen and oxygen atoms in total. The summed E-state index contributed by atoms with van der Waals surface area (Å²) < 4.78 is 12.5. The van der Waals surface area contributed by atoms with Crippen molar-refractivity contribution in [1.82, 2.24) is 14.8 Å². The Balaban J connectivity index is 1.56. The van der Waals surface area contributed by atoms with E-state index in [0.717, 1.165) is 4.90 Å². The van der Waals surface area contributed by atoms with E-state index in [4.69, 9.17) is 9.47 Å². The summed E-state index contributed by atoms with van der Waals surface area (Å²) in [5.41, 5.74) is 2.29. The molecule has 11 heteroatoms. The molecular formula is C26H26N4O7. The maximum atomic E-state index is 12.4. The van der Waals surface area contributed by atoms with Crippen molar-refractivity contribution in [2.45, 2.75) is 12.6 Å². The standard InChI is InChI=1S/C26H26N4O7/c1-29(26(34)35)17-5-3-4-16(12-17)20-6-7-25(33)30(28-20)10-11-37-23-8-9-27-21-14-24(36-2)19(13-18(21)23)22(32)15-31/h3-9,12-14,22,31-32H,10-11,15H2,1-2H3,(H,34,35). The number of fused-ring (bicyclic) bond motifs is 1. The third-order valence-corrected chi connectivity index (χ3v) is 5.83. The molecule has 3 N–H and O–H groups in total. The summed E-state index contributed by atoms with van der Waals surface area (Å²) in [4.78, 5) is 29.1. The molecule has 2 aromatic carbocycles. The molecule has 2 heterocycles. The fraction of sp³-hybridized carbons (Fsp3) is 0.231. The van der Waals surface area contributed by atoms with Crippen LogP contribution >= 0.6 is 0 Å². The number of aromatic nitrogens is 3. The van der Waals surface area contributed by atoms with E-state index in [1.54, 1.807) is 54.7 Å². The summed E-state index contributed by atoms with van der Waals surface area (Å²) in [7, 11) is 2.91. The highest BCUT2D eigenvalue weighted by atomic mass is 16.5. The molecule has 1 amide bonds. The minimum absolute atomic E-state index is 0.112. The molecule has 0 aliphatic rings. The predicted octanol–water partition coefficient (Wildman–Crippen LogP) is 2.69. The number of hydrogen-bond acceptors (Lipinski definition) is 8. The number of methoxy groups -OCH3 is 1. The molecule has 2 aromatic heterocycles. The lowest BCUT2D eigenvalue weighted by atomic mass is 10.0. The van der Waals surface area contributed by atoms with Gasteiger partial charge in [-0.3, -0.25) is 14.7 Å². The molecule has 37 heavy (non-hydrogen) atoms. The van der Waals surface area contributed by atoms with E-state index < -0.39 is 18.8 Å². The third-order valence-electron chi connectivity index (χ3n) is 5.83. The summed E-state index contributed by atoms with van der Waals surface area (Å²) in [5.74, 6) is 0.873. The first kappa shape index (κ1) is 25.6. The summed E-state index contributed by atoms with van der Waals surface area (Å²) in [6.45, 7) is -0.215. The second-order valence-corrected chi connectivity index (χ2v) is 8.14. The first-order chi connectivity index (χ1) is 17.8. The minimum Gasteiger partial charge on any atom is -0.496 e. The quantitative estimate of drug-likeness (QED) is 0.312. The highest BCUT2D eigenvalue weighted by molar-refractivity contribution is 5.87. The van der Waals surface area contributed by atoms with Crippen molar-refractivity contribution < 1.29 is 29.6 Å². The number of amides is 1. The lowest BCUT2D eigenvalue weighted by Gasteiger charge is -2.16. The van der Waals surface area contributed by atoms with Gasteiger partial charge in [0, 0.05) is 47.6 Å². The summed E-state index contributed by atoms with van der Waals surface area (Å²) in [6, 6.07) is 14.8. The average molecular weight is 507 g/mol. The minimum atomic E-state index is -1.13. The van der Waals surface area contributed by atoms with Gasteiger partial charge in [-0.05, 0) is 30.3 Å². The fourth-order valence-corrected chi connectivity index (χ4v) is 3.82. The van der Waals surface area contributed by atoms with E-state index in [0.29, 0.717) is 44.9 Å². The van der Waals surface area contributed by atoms with Gasteiger partial charge in [-0.25, -0.2) is 9.48 Å². The number of rotatable bonds is 9. The van der Waals surface area contributed by atoms with Crippen LogP contribution in [-0.4, -0.2) is 63.5 Å². The maximum Gasteiger partial charge on any atom is 0.411 e. The van der Waals surface area contributed by atoms with Crippen LogP contribution in [0.15, 0.2) is 65.6 Å². The number of pyridine rings is 1. The van der Waals surface area contributed by atoms with Gasteiger partial charge in [0.25, 0.3) is 5.56 Å². The first-order valence-corrected chi connectivity index (χ1v) is 11.4. The maximum absolute atomic E-state index is 12.4. The van der Waals surface area contributed by atoms with Gasteiger partial charge >= 0.3 is 6.09 Å². The Morgan fingerprint density at radius 3 is 2.68 bits per heavy atom. The van der Waals surface area contributed by atoms with Crippen molar-refractivity contribution in [3.63, 3.8) is 0 Å². The molecule has 0 bridgehead atoms. The number of aliphatic hydroxyl groups excluding tert-OH is 2. The normalized spacial score (nSPS) is 11.8. The van der Waals surface area contributed by atoms with E-state index in [9.17, 15) is 24.9 Å². The van der Waals surface area contributed by atoms with Crippen LogP contribution in [-0.2, 0) is 6.54 Å². The van der Waals surface area contributed by atoms with E-state index in [2.05, 4.69) is 10.1 Å². The molecule has 0 saturated heterocycles. The highest BCUT2D eigenvalue weighted by Crippen LogP contribution is 2.33. The molecule has 0 fully saturated rings. The Labute approximate surface area is 211 Å². The summed E-state index contributed by atoms with van der Waals surface area (Å²) >= 11 is 0. The van der Waals surface area contributed by atoms with Crippen LogP contribution in [0.2, 0.25) is 0 Å².